The molecule has 0 spiro atoms. The molecule has 3 heteroatoms. The van der Waals surface area contributed by atoms with Gasteiger partial charge in [-0.1, -0.05) is 13.8 Å². The van der Waals surface area contributed by atoms with Gasteiger partial charge in [0.2, 0.25) is 0 Å². The number of hydrogen-bond acceptors (Lipinski definition) is 3. The first-order valence-electron chi connectivity index (χ1n) is 5.44. The van der Waals surface area contributed by atoms with E-state index in [0.717, 1.165) is 17.4 Å². The molecule has 84 valence electrons. The third-order valence-electron chi connectivity index (χ3n) is 2.20. The van der Waals surface area contributed by atoms with Crippen LogP contribution in [0, 0.1) is 5.92 Å². The molecule has 0 unspecified atom stereocenters. The Bertz CT molecular complexity index is 287. The highest BCUT2D eigenvalue weighted by molar-refractivity contribution is 7.98. The van der Waals surface area contributed by atoms with E-state index in [-0.39, 0.29) is 0 Å². The van der Waals surface area contributed by atoms with E-state index in [1.54, 1.807) is 0 Å². The van der Waals surface area contributed by atoms with Gasteiger partial charge in [-0.3, -0.25) is 4.98 Å². The van der Waals surface area contributed by atoms with Crippen LogP contribution in [-0.4, -0.2) is 10.7 Å². The third-order valence-corrected chi connectivity index (χ3v) is 3.26. The highest BCUT2D eigenvalue weighted by atomic mass is 32.2. The van der Waals surface area contributed by atoms with Crippen LogP contribution < -0.4 is 5.73 Å². The molecule has 1 aromatic rings. The summed E-state index contributed by atoms with van der Waals surface area (Å²) in [7, 11) is 0. The molecule has 0 aliphatic heterocycles. The summed E-state index contributed by atoms with van der Waals surface area (Å²) in [4.78, 5) is 4.18. The van der Waals surface area contributed by atoms with Crippen LogP contribution in [0.15, 0.2) is 18.3 Å². The van der Waals surface area contributed by atoms with Crippen molar-refractivity contribution in [3.8, 4) is 0 Å². The van der Waals surface area contributed by atoms with Gasteiger partial charge < -0.3 is 5.73 Å². The molecule has 2 N–H and O–H groups in total. The quantitative estimate of drug-likeness (QED) is 0.755. The standard InChI is InChI=1S/C12H20N2S/c1-10(2)4-6-15-9-11-3-5-14-12(7-11)8-13/h3,5,7,10H,4,6,8-9,13H2,1-2H3. The fourth-order valence-corrected chi connectivity index (χ4v) is 2.44. The van der Waals surface area contributed by atoms with Gasteiger partial charge in [-0.2, -0.15) is 11.8 Å². The average molecular weight is 224 g/mol. The van der Waals surface area contributed by atoms with Gasteiger partial charge in [-0.05, 0) is 35.8 Å². The summed E-state index contributed by atoms with van der Waals surface area (Å²) < 4.78 is 0. The number of aromatic nitrogens is 1. The summed E-state index contributed by atoms with van der Waals surface area (Å²) in [5, 5.41) is 0. The monoisotopic (exact) mass is 224 g/mol. The fraction of sp³-hybridized carbons (Fsp3) is 0.583. The van der Waals surface area contributed by atoms with Crippen LogP contribution in [0.2, 0.25) is 0 Å². The summed E-state index contributed by atoms with van der Waals surface area (Å²) in [5.41, 5.74) is 7.86. The zero-order chi connectivity index (χ0) is 11.1. The zero-order valence-electron chi connectivity index (χ0n) is 9.57. The molecule has 0 saturated heterocycles. The number of nitrogens with zero attached hydrogens (tertiary/aromatic N) is 1. The lowest BCUT2D eigenvalue weighted by Gasteiger charge is -2.05. The minimum absolute atomic E-state index is 0.532. The van der Waals surface area contributed by atoms with Crippen LogP contribution in [0.25, 0.3) is 0 Å². The lowest BCUT2D eigenvalue weighted by atomic mass is 10.2. The Morgan fingerprint density at radius 1 is 1.47 bits per heavy atom. The first-order chi connectivity index (χ1) is 7.22. The van der Waals surface area contributed by atoms with Gasteiger partial charge in [0.05, 0.1) is 5.69 Å². The van der Waals surface area contributed by atoms with Crippen LogP contribution in [0.4, 0.5) is 0 Å². The van der Waals surface area contributed by atoms with E-state index >= 15 is 0 Å². The molecule has 0 fully saturated rings. The van der Waals surface area contributed by atoms with Gasteiger partial charge in [0.1, 0.15) is 0 Å². The zero-order valence-corrected chi connectivity index (χ0v) is 10.4. The molecule has 1 aromatic heterocycles. The van der Waals surface area contributed by atoms with Crippen molar-refractivity contribution in [3.63, 3.8) is 0 Å². The van der Waals surface area contributed by atoms with Crippen molar-refractivity contribution in [2.45, 2.75) is 32.6 Å². The van der Waals surface area contributed by atoms with E-state index in [2.05, 4.69) is 31.0 Å². The summed E-state index contributed by atoms with van der Waals surface area (Å²) in [6, 6.07) is 4.17. The number of rotatable bonds is 6. The SMILES string of the molecule is CC(C)CCSCc1ccnc(CN)c1. The number of nitrogens with two attached hydrogens (primary N) is 1. The van der Waals surface area contributed by atoms with Crippen molar-refractivity contribution in [2.24, 2.45) is 11.7 Å². The Kier molecular flexibility index (Phi) is 5.73. The highest BCUT2D eigenvalue weighted by Crippen LogP contribution is 2.15. The van der Waals surface area contributed by atoms with E-state index in [0.29, 0.717) is 6.54 Å². The summed E-state index contributed by atoms with van der Waals surface area (Å²) in [6.45, 7) is 5.06. The maximum absolute atomic E-state index is 5.54. The predicted octanol–water partition coefficient (Wildman–Crippen LogP) is 2.82. The van der Waals surface area contributed by atoms with Crippen LogP contribution in [0.5, 0.6) is 0 Å². The van der Waals surface area contributed by atoms with Crippen molar-refractivity contribution in [2.75, 3.05) is 5.75 Å². The van der Waals surface area contributed by atoms with Crippen LogP contribution >= 0.6 is 11.8 Å². The van der Waals surface area contributed by atoms with E-state index in [9.17, 15) is 0 Å². The second-order valence-corrected chi connectivity index (χ2v) is 5.20. The molecule has 2 nitrogen and oxygen atoms in total. The maximum atomic E-state index is 5.54. The van der Waals surface area contributed by atoms with E-state index in [1.807, 2.05) is 18.0 Å². The van der Waals surface area contributed by atoms with Crippen LogP contribution in [0.1, 0.15) is 31.5 Å². The lowest BCUT2D eigenvalue weighted by Crippen LogP contribution is -1.99. The summed E-state index contributed by atoms with van der Waals surface area (Å²) in [6.07, 6.45) is 3.14. The highest BCUT2D eigenvalue weighted by Gasteiger charge is 1.98. The van der Waals surface area contributed by atoms with E-state index < -0.39 is 0 Å². The largest absolute Gasteiger partial charge is 0.325 e. The van der Waals surface area contributed by atoms with Gasteiger partial charge in [-0.15, -0.1) is 0 Å². The minimum atomic E-state index is 0.532. The molecule has 0 bridgehead atoms. The normalized spacial score (nSPS) is 10.9. The smallest absolute Gasteiger partial charge is 0.0542 e. The molecule has 0 aliphatic carbocycles. The van der Waals surface area contributed by atoms with Crippen molar-refractivity contribution in [3.05, 3.63) is 29.6 Å². The van der Waals surface area contributed by atoms with E-state index in [1.165, 1.54) is 17.7 Å². The molecular formula is C12H20N2S. The first-order valence-corrected chi connectivity index (χ1v) is 6.59. The van der Waals surface area contributed by atoms with Crippen molar-refractivity contribution < 1.29 is 0 Å². The molecule has 0 saturated carbocycles. The van der Waals surface area contributed by atoms with Crippen molar-refractivity contribution in [1.29, 1.82) is 0 Å². The fourth-order valence-electron chi connectivity index (χ4n) is 1.24. The van der Waals surface area contributed by atoms with Gasteiger partial charge >= 0.3 is 0 Å². The van der Waals surface area contributed by atoms with Gasteiger partial charge in [-0.25, -0.2) is 0 Å². The molecule has 0 aromatic carbocycles. The Hall–Kier alpha value is -0.540. The second-order valence-electron chi connectivity index (χ2n) is 4.09. The number of hydrogen-bond donors (Lipinski definition) is 1. The first kappa shape index (κ1) is 12.5. The Morgan fingerprint density at radius 2 is 2.27 bits per heavy atom. The summed E-state index contributed by atoms with van der Waals surface area (Å²) in [5.74, 6) is 3.11. The number of thioether (sulfide) groups is 1. The molecule has 1 heterocycles. The van der Waals surface area contributed by atoms with E-state index in [4.69, 9.17) is 5.73 Å². The number of pyridine rings is 1. The van der Waals surface area contributed by atoms with Crippen molar-refractivity contribution in [1.82, 2.24) is 4.98 Å². The molecule has 1 rings (SSSR count). The second kappa shape index (κ2) is 6.85. The van der Waals surface area contributed by atoms with Crippen molar-refractivity contribution >= 4 is 11.8 Å². The Labute approximate surface area is 96.7 Å². The maximum Gasteiger partial charge on any atom is 0.0542 e. The topological polar surface area (TPSA) is 38.9 Å². The predicted molar refractivity (Wildman–Crippen MR) is 67.7 cm³/mol. The molecule has 0 aliphatic rings. The summed E-state index contributed by atoms with van der Waals surface area (Å²) >= 11 is 1.99. The molecule has 0 radical (unpaired) electrons. The molecular weight excluding hydrogens is 204 g/mol. The molecule has 15 heavy (non-hydrogen) atoms. The lowest BCUT2D eigenvalue weighted by molar-refractivity contribution is 0.632. The van der Waals surface area contributed by atoms with Gasteiger partial charge in [0.25, 0.3) is 0 Å². The molecule has 0 amide bonds. The minimum Gasteiger partial charge on any atom is -0.325 e. The molecule has 0 atom stereocenters. The van der Waals surface area contributed by atoms with Crippen LogP contribution in [0.3, 0.4) is 0 Å². The third kappa shape index (κ3) is 5.19. The van der Waals surface area contributed by atoms with Gasteiger partial charge in [0.15, 0.2) is 0 Å². The Balaban J connectivity index is 2.30. The average Bonchev–Trinajstić information content (AvgIpc) is 2.24. The van der Waals surface area contributed by atoms with Crippen LogP contribution in [-0.2, 0) is 12.3 Å². The van der Waals surface area contributed by atoms with Gasteiger partial charge in [0, 0.05) is 18.5 Å². The Morgan fingerprint density at radius 3 is 2.93 bits per heavy atom.